The Kier molecular flexibility index (Phi) is 6.52. The fourth-order valence-corrected chi connectivity index (χ4v) is 5.96. The van der Waals surface area contributed by atoms with E-state index in [1.807, 2.05) is 37.3 Å². The zero-order valence-electron chi connectivity index (χ0n) is 21.7. The first-order valence-corrected chi connectivity index (χ1v) is 13.4. The largest absolute Gasteiger partial charge is 0.346 e. The zero-order chi connectivity index (χ0) is 26.2. The van der Waals surface area contributed by atoms with Gasteiger partial charge in [0, 0.05) is 43.8 Å². The molecule has 4 heterocycles. The molecule has 0 bridgehead atoms. The second-order valence-electron chi connectivity index (χ2n) is 10.3. The summed E-state index contributed by atoms with van der Waals surface area (Å²) in [5, 5.41) is 8.82. The van der Waals surface area contributed by atoms with Crippen LogP contribution in [-0.2, 0) is 13.1 Å². The Bertz CT molecular complexity index is 1570. The molecular weight excluding hydrogens is 478 g/mol. The summed E-state index contributed by atoms with van der Waals surface area (Å²) in [6.45, 7) is 6.09. The molecule has 2 aliphatic heterocycles. The quantitative estimate of drug-likeness (QED) is 0.387. The van der Waals surface area contributed by atoms with E-state index in [1.54, 1.807) is 0 Å². The second kappa shape index (κ2) is 10.1. The average molecular weight is 512 g/mol. The van der Waals surface area contributed by atoms with Crippen LogP contribution in [0.15, 0.2) is 51.6 Å². The molecule has 1 saturated heterocycles. The van der Waals surface area contributed by atoms with Crippen molar-refractivity contribution < 1.29 is 0 Å². The van der Waals surface area contributed by atoms with Crippen molar-refractivity contribution in [3.8, 4) is 12.3 Å². The minimum Gasteiger partial charge on any atom is -0.346 e. The normalized spacial score (nSPS) is 19.3. The maximum atomic E-state index is 14.3. The van der Waals surface area contributed by atoms with E-state index in [4.69, 9.17) is 11.4 Å². The number of nitrogens with one attached hydrogen (secondary N) is 2. The number of piperazine rings is 1. The molecule has 1 aromatic carbocycles. The number of benzene rings is 1. The highest BCUT2D eigenvalue weighted by Crippen LogP contribution is 2.33. The van der Waals surface area contributed by atoms with Crippen molar-refractivity contribution in [3.05, 3.63) is 74.1 Å². The first kappa shape index (κ1) is 24.5. The molecule has 38 heavy (non-hydrogen) atoms. The highest BCUT2D eigenvalue weighted by atomic mass is 16.2. The van der Waals surface area contributed by atoms with Crippen LogP contribution in [0.1, 0.15) is 30.7 Å². The molecule has 196 valence electrons. The highest BCUT2D eigenvalue weighted by molar-refractivity contribution is 5.85. The molecule has 6 rings (SSSR count). The van der Waals surface area contributed by atoms with Crippen molar-refractivity contribution in [1.29, 1.82) is 0 Å². The van der Waals surface area contributed by atoms with Gasteiger partial charge in [0.05, 0.1) is 12.2 Å². The number of aromatic nitrogens is 3. The summed E-state index contributed by atoms with van der Waals surface area (Å²) in [4.78, 5) is 37.4. The van der Waals surface area contributed by atoms with E-state index in [0.29, 0.717) is 17.9 Å². The van der Waals surface area contributed by atoms with Gasteiger partial charge in [0.1, 0.15) is 17.9 Å². The summed E-state index contributed by atoms with van der Waals surface area (Å²) in [6.07, 6.45) is 10.9. The van der Waals surface area contributed by atoms with Gasteiger partial charge in [-0.3, -0.25) is 19.5 Å². The van der Waals surface area contributed by atoms with Crippen LogP contribution in [0.5, 0.6) is 0 Å². The minimum atomic E-state index is -0.280. The highest BCUT2D eigenvalue weighted by Gasteiger charge is 2.39. The summed E-state index contributed by atoms with van der Waals surface area (Å²) in [5.41, 5.74) is 3.16. The molecule has 2 aromatic heterocycles. The van der Waals surface area contributed by atoms with Gasteiger partial charge in [0.25, 0.3) is 11.1 Å². The summed E-state index contributed by atoms with van der Waals surface area (Å²) in [5.74, 6) is 2.58. The lowest BCUT2D eigenvalue weighted by Gasteiger charge is -2.38. The van der Waals surface area contributed by atoms with E-state index in [1.165, 1.54) is 14.9 Å². The van der Waals surface area contributed by atoms with E-state index in [-0.39, 0.29) is 30.5 Å². The molecule has 1 atom stereocenters. The van der Waals surface area contributed by atoms with Gasteiger partial charge in [0.2, 0.25) is 0 Å². The number of anilines is 2. The first-order chi connectivity index (χ1) is 18.5. The Morgan fingerprint density at radius 2 is 1.92 bits per heavy atom. The van der Waals surface area contributed by atoms with E-state index in [2.05, 4.69) is 32.4 Å². The number of allylic oxidation sites excluding steroid dienone is 1. The number of terminal acetylenes is 1. The van der Waals surface area contributed by atoms with Crippen molar-refractivity contribution in [3.63, 3.8) is 0 Å². The van der Waals surface area contributed by atoms with Gasteiger partial charge in [-0.1, -0.05) is 41.8 Å². The van der Waals surface area contributed by atoms with Gasteiger partial charge in [-0.25, -0.2) is 9.36 Å². The fraction of sp³-hybridized carbons (Fsp3) is 0.414. The Balaban J connectivity index is 1.50. The number of fused-ring (bicyclic) bond motifs is 2. The SMILES string of the molecule is C#CCn1c(=O)c2c(c(=O)n1Cc1nc(C)cc3ccccc13)N(CC1=CCCC1)C(N1CCNCC1)N2. The summed E-state index contributed by atoms with van der Waals surface area (Å²) in [7, 11) is 0. The summed E-state index contributed by atoms with van der Waals surface area (Å²) in [6, 6.07) is 10.0. The van der Waals surface area contributed by atoms with Crippen LogP contribution in [0.2, 0.25) is 0 Å². The minimum absolute atomic E-state index is 0.00373. The molecule has 0 saturated carbocycles. The molecule has 9 heteroatoms. The monoisotopic (exact) mass is 511 g/mol. The van der Waals surface area contributed by atoms with Gasteiger partial charge in [-0.05, 0) is 37.6 Å². The number of hydrogen-bond acceptors (Lipinski definition) is 7. The number of rotatable bonds is 6. The molecule has 3 aromatic rings. The third kappa shape index (κ3) is 4.30. The van der Waals surface area contributed by atoms with Crippen molar-refractivity contribution in [1.82, 2.24) is 24.6 Å². The fourth-order valence-electron chi connectivity index (χ4n) is 5.96. The molecule has 0 amide bonds. The third-order valence-corrected chi connectivity index (χ3v) is 7.76. The molecule has 3 aliphatic rings. The predicted molar refractivity (Wildman–Crippen MR) is 151 cm³/mol. The molecule has 0 radical (unpaired) electrons. The summed E-state index contributed by atoms with van der Waals surface area (Å²) >= 11 is 0. The lowest BCUT2D eigenvalue weighted by Crippen LogP contribution is -2.57. The molecule has 1 aliphatic carbocycles. The van der Waals surface area contributed by atoms with Crippen molar-refractivity contribution in [2.24, 2.45) is 0 Å². The molecule has 9 nitrogen and oxygen atoms in total. The molecule has 0 spiro atoms. The van der Waals surface area contributed by atoms with Crippen molar-refractivity contribution >= 4 is 22.1 Å². The first-order valence-electron chi connectivity index (χ1n) is 13.4. The standard InChI is InChI=1S/C29H33N7O2/c1-3-14-35-27(37)25-26(28(38)36(35)19-24-23-11-7-6-10-22(23)17-20(2)31-24)34(18-21-8-4-5-9-21)29(32-25)33-15-12-30-13-16-33/h1,6-8,10-11,17,29-30,32H,4-5,9,12-16,18-19H2,2H3. The van der Waals surface area contributed by atoms with Gasteiger partial charge < -0.3 is 15.5 Å². The lowest BCUT2D eigenvalue weighted by atomic mass is 10.1. The van der Waals surface area contributed by atoms with E-state index >= 15 is 0 Å². The molecule has 2 N–H and O–H groups in total. The Morgan fingerprint density at radius 1 is 1.11 bits per heavy atom. The van der Waals surface area contributed by atoms with Gasteiger partial charge in [-0.2, -0.15) is 0 Å². The molecule has 1 unspecified atom stereocenters. The third-order valence-electron chi connectivity index (χ3n) is 7.76. The Morgan fingerprint density at radius 3 is 2.68 bits per heavy atom. The zero-order valence-corrected chi connectivity index (χ0v) is 21.7. The summed E-state index contributed by atoms with van der Waals surface area (Å²) < 4.78 is 2.88. The molecular formula is C29H33N7O2. The van der Waals surface area contributed by atoms with Crippen LogP contribution in [0.4, 0.5) is 11.4 Å². The van der Waals surface area contributed by atoms with Gasteiger partial charge in [0.15, 0.2) is 6.29 Å². The van der Waals surface area contributed by atoms with Crippen molar-refractivity contribution in [2.75, 3.05) is 42.9 Å². The van der Waals surface area contributed by atoms with E-state index < -0.39 is 0 Å². The van der Waals surface area contributed by atoms with Gasteiger partial charge >= 0.3 is 0 Å². The Hall–Kier alpha value is -3.87. The van der Waals surface area contributed by atoms with E-state index in [9.17, 15) is 9.59 Å². The average Bonchev–Trinajstić information content (AvgIpc) is 3.58. The molecule has 1 fully saturated rings. The van der Waals surface area contributed by atoms with Crippen LogP contribution >= 0.6 is 0 Å². The van der Waals surface area contributed by atoms with Crippen molar-refractivity contribution in [2.45, 2.75) is 45.6 Å². The van der Waals surface area contributed by atoms with Crippen LogP contribution in [0.3, 0.4) is 0 Å². The van der Waals surface area contributed by atoms with Gasteiger partial charge in [-0.15, -0.1) is 6.42 Å². The second-order valence-corrected chi connectivity index (χ2v) is 10.3. The number of hydrogen-bond donors (Lipinski definition) is 2. The maximum absolute atomic E-state index is 14.3. The maximum Gasteiger partial charge on any atom is 0.291 e. The number of pyridine rings is 1. The predicted octanol–water partition coefficient (Wildman–Crippen LogP) is 2.08. The Labute approximate surface area is 221 Å². The number of nitrogens with zero attached hydrogens (tertiary/aromatic N) is 5. The lowest BCUT2D eigenvalue weighted by molar-refractivity contribution is 0.190. The van der Waals surface area contributed by atoms with E-state index in [0.717, 1.165) is 67.6 Å². The van der Waals surface area contributed by atoms with Crippen LogP contribution in [-0.4, -0.2) is 58.3 Å². The van der Waals surface area contributed by atoms with Crippen LogP contribution in [0.25, 0.3) is 10.8 Å². The topological polar surface area (TPSA) is 87.4 Å². The smallest absolute Gasteiger partial charge is 0.291 e. The van der Waals surface area contributed by atoms with Crippen LogP contribution in [0, 0.1) is 19.3 Å². The van der Waals surface area contributed by atoms with Crippen LogP contribution < -0.4 is 26.7 Å². The number of aryl methyl sites for hydroxylation is 1.